The summed E-state index contributed by atoms with van der Waals surface area (Å²) >= 11 is 6.10. The summed E-state index contributed by atoms with van der Waals surface area (Å²) < 4.78 is 14.0. The Morgan fingerprint density at radius 3 is 2.86 bits per heavy atom. The molecule has 2 aromatic carbocycles. The summed E-state index contributed by atoms with van der Waals surface area (Å²) in [5.74, 6) is -0.371. The van der Waals surface area contributed by atoms with E-state index in [9.17, 15) is 9.18 Å². The topological polar surface area (TPSA) is 32.3 Å². The van der Waals surface area contributed by atoms with Gasteiger partial charge in [0.05, 0.1) is 17.3 Å². The van der Waals surface area contributed by atoms with Crippen molar-refractivity contribution in [2.45, 2.75) is 13.3 Å². The number of fused-ring (bicyclic) bond motifs is 1. The molecule has 0 unspecified atom stereocenters. The van der Waals surface area contributed by atoms with Crippen LogP contribution in [0.5, 0.6) is 0 Å². The van der Waals surface area contributed by atoms with Crippen molar-refractivity contribution < 1.29 is 9.18 Å². The smallest absolute Gasteiger partial charge is 0.257 e. The zero-order valence-electron chi connectivity index (χ0n) is 12.2. The standard InChI is InChI=1S/C17H16ClFN2O/c1-2-8-21-10-20-15-9-11(6-7-12(15)17(21)22)16-13(18)4-3-5-14(16)19/h3-7,9,20H,2,8,10H2,1H3. The van der Waals surface area contributed by atoms with E-state index in [1.165, 1.54) is 6.07 Å². The third-order valence-corrected chi connectivity index (χ3v) is 4.06. The van der Waals surface area contributed by atoms with Crippen LogP contribution in [-0.2, 0) is 0 Å². The van der Waals surface area contributed by atoms with Crippen LogP contribution in [-0.4, -0.2) is 24.0 Å². The number of amides is 1. The second kappa shape index (κ2) is 5.97. The van der Waals surface area contributed by atoms with Gasteiger partial charge in [0, 0.05) is 17.8 Å². The molecule has 0 spiro atoms. The fourth-order valence-corrected chi connectivity index (χ4v) is 2.95. The molecule has 0 saturated carbocycles. The van der Waals surface area contributed by atoms with E-state index in [2.05, 4.69) is 5.32 Å². The highest BCUT2D eigenvalue weighted by Gasteiger charge is 2.24. The molecule has 22 heavy (non-hydrogen) atoms. The van der Waals surface area contributed by atoms with Gasteiger partial charge in [0.25, 0.3) is 5.91 Å². The van der Waals surface area contributed by atoms with Crippen LogP contribution in [0, 0.1) is 5.82 Å². The van der Waals surface area contributed by atoms with E-state index < -0.39 is 0 Å². The molecule has 0 saturated heterocycles. The van der Waals surface area contributed by atoms with Crippen LogP contribution in [0.15, 0.2) is 36.4 Å². The minimum atomic E-state index is -0.373. The van der Waals surface area contributed by atoms with Crippen LogP contribution in [0.3, 0.4) is 0 Å². The maximum Gasteiger partial charge on any atom is 0.257 e. The number of carbonyl (C=O) groups is 1. The van der Waals surface area contributed by atoms with Gasteiger partial charge in [-0.05, 0) is 36.2 Å². The van der Waals surface area contributed by atoms with E-state index >= 15 is 0 Å². The molecule has 1 heterocycles. The molecule has 1 aliphatic rings. The summed E-state index contributed by atoms with van der Waals surface area (Å²) in [6.07, 6.45) is 0.908. The Morgan fingerprint density at radius 1 is 1.32 bits per heavy atom. The summed E-state index contributed by atoms with van der Waals surface area (Å²) in [5.41, 5.74) is 2.34. The zero-order valence-corrected chi connectivity index (χ0v) is 13.0. The predicted octanol–water partition coefficient (Wildman–Crippen LogP) is 4.38. The van der Waals surface area contributed by atoms with Crippen LogP contribution in [0.2, 0.25) is 5.02 Å². The summed E-state index contributed by atoms with van der Waals surface area (Å²) in [5, 5.41) is 3.57. The molecule has 1 N–H and O–H groups in total. The van der Waals surface area contributed by atoms with Crippen LogP contribution >= 0.6 is 11.6 Å². The molecular weight excluding hydrogens is 303 g/mol. The number of halogens is 2. The molecule has 2 aromatic rings. The maximum absolute atomic E-state index is 14.0. The largest absolute Gasteiger partial charge is 0.367 e. The fraction of sp³-hybridized carbons (Fsp3) is 0.235. The Labute approximate surface area is 133 Å². The van der Waals surface area contributed by atoms with E-state index in [-0.39, 0.29) is 11.7 Å². The first-order valence-electron chi connectivity index (χ1n) is 7.23. The van der Waals surface area contributed by atoms with Crippen LogP contribution < -0.4 is 5.32 Å². The summed E-state index contributed by atoms with van der Waals surface area (Å²) in [6.45, 7) is 3.21. The van der Waals surface area contributed by atoms with Crippen LogP contribution in [0.1, 0.15) is 23.7 Å². The number of nitrogens with one attached hydrogen (secondary N) is 1. The molecule has 0 radical (unpaired) electrons. The lowest BCUT2D eigenvalue weighted by Crippen LogP contribution is -2.40. The van der Waals surface area contributed by atoms with E-state index in [0.29, 0.717) is 40.6 Å². The van der Waals surface area contributed by atoms with Gasteiger partial charge in [0.1, 0.15) is 5.82 Å². The van der Waals surface area contributed by atoms with Gasteiger partial charge < -0.3 is 10.2 Å². The second-order valence-corrected chi connectivity index (χ2v) is 5.67. The predicted molar refractivity (Wildman–Crippen MR) is 86.7 cm³/mol. The quantitative estimate of drug-likeness (QED) is 0.910. The number of benzene rings is 2. The van der Waals surface area contributed by atoms with E-state index in [1.807, 2.05) is 6.92 Å². The highest BCUT2D eigenvalue weighted by atomic mass is 35.5. The van der Waals surface area contributed by atoms with E-state index in [1.54, 1.807) is 35.2 Å². The van der Waals surface area contributed by atoms with Gasteiger partial charge in [-0.3, -0.25) is 4.79 Å². The second-order valence-electron chi connectivity index (χ2n) is 5.26. The first-order chi connectivity index (χ1) is 10.6. The molecule has 0 atom stereocenters. The first-order valence-corrected chi connectivity index (χ1v) is 7.61. The highest BCUT2D eigenvalue weighted by molar-refractivity contribution is 6.33. The highest BCUT2D eigenvalue weighted by Crippen LogP contribution is 2.34. The Hall–Kier alpha value is -2.07. The molecule has 114 valence electrons. The van der Waals surface area contributed by atoms with Gasteiger partial charge >= 0.3 is 0 Å². The van der Waals surface area contributed by atoms with Crippen molar-refractivity contribution in [2.75, 3.05) is 18.5 Å². The normalized spacial score (nSPS) is 13.8. The first kappa shape index (κ1) is 14.9. The lowest BCUT2D eigenvalue weighted by atomic mass is 10.00. The molecule has 0 bridgehead atoms. The molecule has 0 aliphatic carbocycles. The number of hydrogen-bond donors (Lipinski definition) is 1. The molecule has 1 aliphatic heterocycles. The Morgan fingerprint density at radius 2 is 2.14 bits per heavy atom. The van der Waals surface area contributed by atoms with Gasteiger partial charge in [0.15, 0.2) is 0 Å². The maximum atomic E-state index is 14.0. The summed E-state index contributed by atoms with van der Waals surface area (Å²) in [4.78, 5) is 14.1. The number of anilines is 1. The molecular formula is C17H16ClFN2O. The number of hydrogen-bond acceptors (Lipinski definition) is 2. The molecule has 0 fully saturated rings. The minimum absolute atomic E-state index is 0.00165. The Bertz CT molecular complexity index is 712. The third kappa shape index (κ3) is 2.55. The zero-order chi connectivity index (χ0) is 15.7. The van der Waals surface area contributed by atoms with Gasteiger partial charge in [-0.15, -0.1) is 0 Å². The third-order valence-electron chi connectivity index (χ3n) is 3.74. The summed E-state index contributed by atoms with van der Waals surface area (Å²) in [6, 6.07) is 9.84. The van der Waals surface area contributed by atoms with Crippen molar-refractivity contribution in [2.24, 2.45) is 0 Å². The molecule has 3 rings (SSSR count). The molecule has 3 nitrogen and oxygen atoms in total. The molecule has 0 aromatic heterocycles. The van der Waals surface area contributed by atoms with E-state index in [0.717, 1.165) is 6.42 Å². The Kier molecular flexibility index (Phi) is 4.03. The Balaban J connectivity index is 2.01. The average Bonchev–Trinajstić information content (AvgIpc) is 2.50. The van der Waals surface area contributed by atoms with Gasteiger partial charge in [-0.25, -0.2) is 4.39 Å². The van der Waals surface area contributed by atoms with Crippen LogP contribution in [0.4, 0.5) is 10.1 Å². The lowest BCUT2D eigenvalue weighted by molar-refractivity contribution is 0.0758. The minimum Gasteiger partial charge on any atom is -0.367 e. The number of carbonyl (C=O) groups excluding carboxylic acids is 1. The number of rotatable bonds is 3. The van der Waals surface area contributed by atoms with Crippen molar-refractivity contribution in [3.63, 3.8) is 0 Å². The SMILES string of the molecule is CCCN1CNc2cc(-c3c(F)cccc3Cl)ccc2C1=O. The van der Waals surface area contributed by atoms with Crippen molar-refractivity contribution in [3.8, 4) is 11.1 Å². The van der Waals surface area contributed by atoms with E-state index in [4.69, 9.17) is 11.6 Å². The average molecular weight is 319 g/mol. The lowest BCUT2D eigenvalue weighted by Gasteiger charge is -2.29. The van der Waals surface area contributed by atoms with Crippen molar-refractivity contribution >= 4 is 23.2 Å². The van der Waals surface area contributed by atoms with Gasteiger partial charge in [0.2, 0.25) is 0 Å². The monoisotopic (exact) mass is 318 g/mol. The van der Waals surface area contributed by atoms with Crippen molar-refractivity contribution in [1.29, 1.82) is 0 Å². The van der Waals surface area contributed by atoms with Crippen molar-refractivity contribution in [1.82, 2.24) is 4.90 Å². The fourth-order valence-electron chi connectivity index (χ4n) is 2.68. The summed E-state index contributed by atoms with van der Waals surface area (Å²) in [7, 11) is 0. The van der Waals surface area contributed by atoms with Gasteiger partial charge in [-0.2, -0.15) is 0 Å². The van der Waals surface area contributed by atoms with Crippen molar-refractivity contribution in [3.05, 3.63) is 52.8 Å². The van der Waals surface area contributed by atoms with Gasteiger partial charge in [-0.1, -0.05) is 30.7 Å². The number of nitrogens with zero attached hydrogens (tertiary/aromatic N) is 1. The van der Waals surface area contributed by atoms with Crippen LogP contribution in [0.25, 0.3) is 11.1 Å². The molecule has 1 amide bonds. The molecule has 5 heteroatoms.